The van der Waals surface area contributed by atoms with Crippen LogP contribution in [0.3, 0.4) is 0 Å². The summed E-state index contributed by atoms with van der Waals surface area (Å²) >= 11 is 0. The molecule has 3 rings (SSSR count). The summed E-state index contributed by atoms with van der Waals surface area (Å²) in [5, 5.41) is 3.29. The number of aromatic nitrogens is 3. The summed E-state index contributed by atoms with van der Waals surface area (Å²) in [5.74, 6) is 0.789. The van der Waals surface area contributed by atoms with Crippen molar-refractivity contribution in [3.8, 4) is 0 Å². The third kappa shape index (κ3) is 2.73. The summed E-state index contributed by atoms with van der Waals surface area (Å²) < 4.78 is 14.1. The van der Waals surface area contributed by atoms with Gasteiger partial charge >= 0.3 is 0 Å². The SMILES string of the molecule is C[C@@H]1Cc2ccccc2[C@@H]1Nc1nc(N)nc(C(C)(C)F)n1. The number of hydrogen-bond donors (Lipinski definition) is 2. The van der Waals surface area contributed by atoms with Gasteiger partial charge in [0.2, 0.25) is 11.9 Å². The van der Waals surface area contributed by atoms with Crippen LogP contribution in [0.5, 0.6) is 0 Å². The van der Waals surface area contributed by atoms with E-state index in [9.17, 15) is 4.39 Å². The summed E-state index contributed by atoms with van der Waals surface area (Å²) in [6.07, 6.45) is 0.996. The van der Waals surface area contributed by atoms with Crippen LogP contribution in [0.4, 0.5) is 16.3 Å². The topological polar surface area (TPSA) is 76.7 Å². The van der Waals surface area contributed by atoms with Crippen molar-refractivity contribution in [1.29, 1.82) is 0 Å². The van der Waals surface area contributed by atoms with Crippen LogP contribution < -0.4 is 11.1 Å². The number of benzene rings is 1. The van der Waals surface area contributed by atoms with E-state index in [1.807, 2.05) is 12.1 Å². The monoisotopic (exact) mass is 301 g/mol. The number of nitrogens with one attached hydrogen (secondary N) is 1. The molecular formula is C16H20FN5. The third-order valence-corrected chi connectivity index (χ3v) is 3.97. The number of anilines is 2. The first-order valence-electron chi connectivity index (χ1n) is 7.40. The zero-order valence-electron chi connectivity index (χ0n) is 13.0. The molecule has 5 nitrogen and oxygen atoms in total. The van der Waals surface area contributed by atoms with Crippen molar-refractivity contribution in [2.75, 3.05) is 11.1 Å². The molecule has 1 aliphatic rings. The first-order chi connectivity index (χ1) is 10.3. The summed E-state index contributed by atoms with van der Waals surface area (Å²) in [5.41, 5.74) is 6.58. The van der Waals surface area contributed by atoms with Gasteiger partial charge in [0.25, 0.3) is 0 Å². The first-order valence-corrected chi connectivity index (χ1v) is 7.40. The molecule has 2 aromatic rings. The molecule has 6 heteroatoms. The highest BCUT2D eigenvalue weighted by Crippen LogP contribution is 2.37. The summed E-state index contributed by atoms with van der Waals surface area (Å²) in [6.45, 7) is 4.97. The van der Waals surface area contributed by atoms with E-state index < -0.39 is 5.67 Å². The number of rotatable bonds is 3. The van der Waals surface area contributed by atoms with Crippen molar-refractivity contribution in [3.63, 3.8) is 0 Å². The molecule has 116 valence electrons. The number of hydrogen-bond acceptors (Lipinski definition) is 5. The van der Waals surface area contributed by atoms with Gasteiger partial charge in [0.1, 0.15) is 0 Å². The zero-order chi connectivity index (χ0) is 15.9. The minimum absolute atomic E-state index is 0.0251. The maximum Gasteiger partial charge on any atom is 0.228 e. The number of halogens is 1. The van der Waals surface area contributed by atoms with Crippen molar-refractivity contribution in [2.45, 2.75) is 38.9 Å². The number of nitrogens with zero attached hydrogens (tertiary/aromatic N) is 3. The molecule has 2 atom stereocenters. The van der Waals surface area contributed by atoms with Crippen LogP contribution >= 0.6 is 0 Å². The fraction of sp³-hybridized carbons (Fsp3) is 0.438. The molecule has 0 fully saturated rings. The first kappa shape index (κ1) is 14.7. The molecule has 0 amide bonds. The van der Waals surface area contributed by atoms with Crippen molar-refractivity contribution in [3.05, 3.63) is 41.2 Å². The molecule has 1 aliphatic carbocycles. The van der Waals surface area contributed by atoms with Crippen molar-refractivity contribution >= 4 is 11.9 Å². The lowest BCUT2D eigenvalue weighted by molar-refractivity contribution is 0.206. The van der Waals surface area contributed by atoms with Gasteiger partial charge in [0.05, 0.1) is 6.04 Å². The Balaban J connectivity index is 1.92. The average Bonchev–Trinajstić information content (AvgIpc) is 2.74. The predicted molar refractivity (Wildman–Crippen MR) is 84.0 cm³/mol. The van der Waals surface area contributed by atoms with Crippen LogP contribution in [0, 0.1) is 5.92 Å². The molecule has 0 bridgehead atoms. The summed E-state index contributed by atoms with van der Waals surface area (Å²) in [4.78, 5) is 12.2. The van der Waals surface area contributed by atoms with E-state index in [2.05, 4.69) is 39.3 Å². The molecule has 3 N–H and O–H groups in total. The van der Waals surface area contributed by atoms with Crippen LogP contribution in [0.2, 0.25) is 0 Å². The lowest BCUT2D eigenvalue weighted by atomic mass is 10.0. The van der Waals surface area contributed by atoms with Gasteiger partial charge in [-0.25, -0.2) is 4.39 Å². The maximum absolute atomic E-state index is 14.1. The fourth-order valence-electron chi connectivity index (χ4n) is 2.88. The van der Waals surface area contributed by atoms with Gasteiger partial charge in [-0.1, -0.05) is 31.2 Å². The third-order valence-electron chi connectivity index (χ3n) is 3.97. The highest BCUT2D eigenvalue weighted by atomic mass is 19.1. The van der Waals surface area contributed by atoms with Crippen molar-refractivity contribution in [2.24, 2.45) is 5.92 Å². The largest absolute Gasteiger partial charge is 0.368 e. The highest BCUT2D eigenvalue weighted by Gasteiger charge is 2.30. The van der Waals surface area contributed by atoms with Gasteiger partial charge < -0.3 is 11.1 Å². The molecule has 0 spiro atoms. The molecule has 0 saturated carbocycles. The van der Waals surface area contributed by atoms with E-state index in [4.69, 9.17) is 5.73 Å². The minimum Gasteiger partial charge on any atom is -0.368 e. The Labute approximate surface area is 129 Å². The van der Waals surface area contributed by atoms with E-state index in [-0.39, 0.29) is 17.8 Å². The number of alkyl halides is 1. The number of fused-ring (bicyclic) bond motifs is 1. The average molecular weight is 301 g/mol. The quantitative estimate of drug-likeness (QED) is 0.911. The van der Waals surface area contributed by atoms with E-state index in [0.717, 1.165) is 6.42 Å². The second-order valence-corrected chi connectivity index (χ2v) is 6.32. The van der Waals surface area contributed by atoms with Gasteiger partial charge in [-0.3, -0.25) is 0 Å². The lowest BCUT2D eigenvalue weighted by Crippen LogP contribution is -2.21. The Kier molecular flexibility index (Phi) is 3.47. The molecule has 22 heavy (non-hydrogen) atoms. The molecule has 0 saturated heterocycles. The predicted octanol–water partition coefficient (Wildman–Crippen LogP) is 3.00. The second kappa shape index (κ2) is 5.19. The summed E-state index contributed by atoms with van der Waals surface area (Å²) in [7, 11) is 0. The Bertz CT molecular complexity index is 695. The van der Waals surface area contributed by atoms with Gasteiger partial charge in [-0.2, -0.15) is 15.0 Å². The zero-order valence-corrected chi connectivity index (χ0v) is 13.0. The molecule has 1 aromatic heterocycles. The molecule has 1 aromatic carbocycles. The highest BCUT2D eigenvalue weighted by molar-refractivity contribution is 5.42. The van der Waals surface area contributed by atoms with Crippen molar-refractivity contribution in [1.82, 2.24) is 15.0 Å². The Morgan fingerprint density at radius 2 is 1.95 bits per heavy atom. The molecule has 0 aliphatic heterocycles. The Morgan fingerprint density at radius 1 is 1.23 bits per heavy atom. The van der Waals surface area contributed by atoms with Crippen LogP contribution in [-0.2, 0) is 12.1 Å². The standard InChI is InChI=1S/C16H20FN5/c1-9-8-10-6-4-5-7-11(10)12(9)19-15-21-13(16(2,3)17)20-14(18)22-15/h4-7,9,12H,8H2,1-3H3,(H3,18,19,20,21,22)/t9-,12-/m1/s1. The van der Waals surface area contributed by atoms with E-state index in [1.54, 1.807) is 0 Å². The van der Waals surface area contributed by atoms with Crippen molar-refractivity contribution < 1.29 is 4.39 Å². The van der Waals surface area contributed by atoms with Crippen LogP contribution in [0.1, 0.15) is 43.8 Å². The lowest BCUT2D eigenvalue weighted by Gasteiger charge is -2.20. The van der Waals surface area contributed by atoms with Crippen LogP contribution in [0.25, 0.3) is 0 Å². The summed E-state index contributed by atoms with van der Waals surface area (Å²) in [6, 6.07) is 8.38. The van der Waals surface area contributed by atoms with Gasteiger partial charge in [-0.05, 0) is 37.3 Å². The molecule has 1 heterocycles. The molecule has 0 radical (unpaired) electrons. The number of nitrogens with two attached hydrogens (primary N) is 1. The van der Waals surface area contributed by atoms with E-state index >= 15 is 0 Å². The molecule has 0 unspecified atom stereocenters. The van der Waals surface area contributed by atoms with Crippen LogP contribution in [0.15, 0.2) is 24.3 Å². The maximum atomic E-state index is 14.1. The Morgan fingerprint density at radius 3 is 2.68 bits per heavy atom. The Hall–Kier alpha value is -2.24. The van der Waals surface area contributed by atoms with E-state index in [1.165, 1.54) is 25.0 Å². The van der Waals surface area contributed by atoms with Gasteiger partial charge in [0.15, 0.2) is 11.5 Å². The molecular weight excluding hydrogens is 281 g/mol. The normalized spacial score (nSPS) is 20.7. The fourth-order valence-corrected chi connectivity index (χ4v) is 2.88. The second-order valence-electron chi connectivity index (χ2n) is 6.32. The van der Waals surface area contributed by atoms with E-state index in [0.29, 0.717) is 11.9 Å². The smallest absolute Gasteiger partial charge is 0.228 e. The van der Waals surface area contributed by atoms with Gasteiger partial charge in [-0.15, -0.1) is 0 Å². The van der Waals surface area contributed by atoms with Gasteiger partial charge in [0, 0.05) is 0 Å². The minimum atomic E-state index is -1.66. The number of nitrogen functional groups attached to an aromatic ring is 1. The van der Waals surface area contributed by atoms with Crippen LogP contribution in [-0.4, -0.2) is 15.0 Å².